The van der Waals surface area contributed by atoms with E-state index in [0.717, 1.165) is 0 Å². The largest absolute Gasteiger partial charge is 0.334 e. The summed E-state index contributed by atoms with van der Waals surface area (Å²) in [5, 5.41) is 4.32. The van der Waals surface area contributed by atoms with Crippen LogP contribution in [0.5, 0.6) is 0 Å². The predicted octanol–water partition coefficient (Wildman–Crippen LogP) is 1.93. The quantitative estimate of drug-likeness (QED) is 0.865. The summed E-state index contributed by atoms with van der Waals surface area (Å²) in [6, 6.07) is 7.12. The zero-order valence-corrected chi connectivity index (χ0v) is 12.1. The number of nitrogens with zero attached hydrogens (tertiary/aromatic N) is 3. The molecule has 8 heteroatoms. The maximum absolute atomic E-state index is 11.7. The molecule has 0 radical (unpaired) electrons. The van der Waals surface area contributed by atoms with Crippen LogP contribution >= 0.6 is 11.6 Å². The Morgan fingerprint density at radius 3 is 2.85 bits per heavy atom. The summed E-state index contributed by atoms with van der Waals surface area (Å²) in [5.74, 6) is 0.815. The van der Waals surface area contributed by atoms with E-state index in [-0.39, 0.29) is 12.3 Å². The molecule has 20 heavy (non-hydrogen) atoms. The number of hydrogen-bond acceptors (Lipinski definition) is 5. The Balaban J connectivity index is 1.83. The van der Waals surface area contributed by atoms with Gasteiger partial charge in [-0.15, -0.1) is 0 Å². The van der Waals surface area contributed by atoms with Crippen LogP contribution in [0.25, 0.3) is 11.5 Å². The number of hydrogen-bond donors (Lipinski definition) is 0. The maximum atomic E-state index is 11.7. The van der Waals surface area contributed by atoms with Crippen LogP contribution in [0.2, 0.25) is 5.02 Å². The molecule has 1 aromatic carbocycles. The molecule has 6 nitrogen and oxygen atoms in total. The molecule has 0 bridgehead atoms. The average molecular weight is 314 g/mol. The van der Waals surface area contributed by atoms with E-state index in [2.05, 4.69) is 10.1 Å². The van der Waals surface area contributed by atoms with Gasteiger partial charge in [0.15, 0.2) is 5.82 Å². The van der Waals surface area contributed by atoms with E-state index in [1.165, 1.54) is 4.31 Å². The van der Waals surface area contributed by atoms with Gasteiger partial charge in [0.1, 0.15) is 0 Å². The maximum Gasteiger partial charge on any atom is 0.259 e. The molecular weight excluding hydrogens is 302 g/mol. The van der Waals surface area contributed by atoms with Crippen molar-refractivity contribution in [2.45, 2.75) is 13.0 Å². The lowest BCUT2D eigenvalue weighted by atomic mass is 10.2. The second-order valence-electron chi connectivity index (χ2n) is 4.50. The molecule has 1 aliphatic rings. The Morgan fingerprint density at radius 1 is 1.35 bits per heavy atom. The summed E-state index contributed by atoms with van der Waals surface area (Å²) in [6.07, 6.45) is 0.636. The SMILES string of the molecule is O=S1(=O)CCCN1Cc1noc(-c2ccccc2Cl)n1. The van der Waals surface area contributed by atoms with Crippen LogP contribution in [-0.4, -0.2) is 35.2 Å². The highest BCUT2D eigenvalue weighted by Crippen LogP contribution is 2.26. The van der Waals surface area contributed by atoms with Crippen molar-refractivity contribution in [3.8, 4) is 11.5 Å². The molecule has 0 aliphatic carbocycles. The van der Waals surface area contributed by atoms with Gasteiger partial charge < -0.3 is 4.52 Å². The van der Waals surface area contributed by atoms with Gasteiger partial charge in [0, 0.05) is 6.54 Å². The highest BCUT2D eigenvalue weighted by Gasteiger charge is 2.29. The Morgan fingerprint density at radius 2 is 2.15 bits per heavy atom. The number of sulfonamides is 1. The monoisotopic (exact) mass is 313 g/mol. The van der Waals surface area contributed by atoms with Crippen LogP contribution < -0.4 is 0 Å². The van der Waals surface area contributed by atoms with E-state index in [0.29, 0.717) is 35.3 Å². The van der Waals surface area contributed by atoms with Crippen LogP contribution in [0.15, 0.2) is 28.8 Å². The van der Waals surface area contributed by atoms with Gasteiger partial charge in [0.05, 0.1) is 22.9 Å². The van der Waals surface area contributed by atoms with Crippen molar-refractivity contribution in [1.29, 1.82) is 0 Å². The zero-order chi connectivity index (χ0) is 14.2. The summed E-state index contributed by atoms with van der Waals surface area (Å²) in [5.41, 5.74) is 0.636. The molecule has 1 aliphatic heterocycles. The van der Waals surface area contributed by atoms with Crippen molar-refractivity contribution in [2.75, 3.05) is 12.3 Å². The molecule has 0 N–H and O–H groups in total. The number of benzene rings is 1. The van der Waals surface area contributed by atoms with Crippen molar-refractivity contribution < 1.29 is 12.9 Å². The Labute approximate surface area is 121 Å². The fourth-order valence-electron chi connectivity index (χ4n) is 2.09. The molecule has 106 valence electrons. The van der Waals surface area contributed by atoms with Crippen molar-refractivity contribution in [1.82, 2.24) is 14.4 Å². The number of rotatable bonds is 3. The van der Waals surface area contributed by atoms with Gasteiger partial charge in [-0.3, -0.25) is 0 Å². The fraction of sp³-hybridized carbons (Fsp3) is 0.333. The number of halogens is 1. The van der Waals surface area contributed by atoms with E-state index in [1.54, 1.807) is 18.2 Å². The predicted molar refractivity (Wildman–Crippen MR) is 73.6 cm³/mol. The second kappa shape index (κ2) is 5.16. The summed E-state index contributed by atoms with van der Waals surface area (Å²) < 4.78 is 29.9. The van der Waals surface area contributed by atoms with E-state index in [4.69, 9.17) is 16.1 Å². The molecule has 0 amide bonds. The molecule has 3 rings (SSSR count). The molecule has 1 saturated heterocycles. The van der Waals surface area contributed by atoms with Crippen molar-refractivity contribution in [3.05, 3.63) is 35.1 Å². The smallest absolute Gasteiger partial charge is 0.259 e. The van der Waals surface area contributed by atoms with Crippen molar-refractivity contribution in [2.24, 2.45) is 0 Å². The molecule has 1 aromatic heterocycles. The van der Waals surface area contributed by atoms with Gasteiger partial charge in [-0.25, -0.2) is 8.42 Å². The minimum atomic E-state index is -3.16. The molecule has 0 spiro atoms. The van der Waals surface area contributed by atoms with E-state index in [1.807, 2.05) is 6.07 Å². The average Bonchev–Trinajstić information content (AvgIpc) is 2.98. The van der Waals surface area contributed by atoms with Gasteiger partial charge in [-0.1, -0.05) is 28.9 Å². The Bertz CT molecular complexity index is 729. The van der Waals surface area contributed by atoms with E-state index < -0.39 is 10.0 Å². The third-order valence-corrected chi connectivity index (χ3v) is 5.33. The topological polar surface area (TPSA) is 76.3 Å². The Kier molecular flexibility index (Phi) is 3.49. The highest BCUT2D eigenvalue weighted by atomic mass is 35.5. The normalized spacial score (nSPS) is 18.4. The van der Waals surface area contributed by atoms with Crippen molar-refractivity contribution in [3.63, 3.8) is 0 Å². The fourth-order valence-corrected chi connectivity index (χ4v) is 3.78. The lowest BCUT2D eigenvalue weighted by Gasteiger charge is -2.10. The summed E-state index contributed by atoms with van der Waals surface area (Å²) in [6.45, 7) is 0.634. The summed E-state index contributed by atoms with van der Waals surface area (Å²) in [4.78, 5) is 4.20. The zero-order valence-electron chi connectivity index (χ0n) is 10.5. The van der Waals surface area contributed by atoms with Crippen LogP contribution in [-0.2, 0) is 16.6 Å². The van der Waals surface area contributed by atoms with Gasteiger partial charge in [-0.05, 0) is 18.6 Å². The molecule has 2 aromatic rings. The Hall–Kier alpha value is -1.44. The molecule has 1 fully saturated rings. The minimum Gasteiger partial charge on any atom is -0.334 e. The number of aromatic nitrogens is 2. The first-order chi connectivity index (χ1) is 9.56. The van der Waals surface area contributed by atoms with E-state index in [9.17, 15) is 8.42 Å². The standard InChI is InChI=1S/C12H12ClN3O3S/c13-10-5-2-1-4-9(10)12-14-11(15-19-12)8-16-6-3-7-20(16,17)18/h1-2,4-5H,3,6-8H2. The van der Waals surface area contributed by atoms with Crippen LogP contribution in [0.1, 0.15) is 12.2 Å². The van der Waals surface area contributed by atoms with Gasteiger partial charge in [-0.2, -0.15) is 9.29 Å². The van der Waals surface area contributed by atoms with Gasteiger partial charge >= 0.3 is 0 Å². The molecular formula is C12H12ClN3O3S. The van der Waals surface area contributed by atoms with Crippen molar-refractivity contribution >= 4 is 21.6 Å². The summed E-state index contributed by atoms with van der Waals surface area (Å²) in [7, 11) is -3.16. The molecule has 0 saturated carbocycles. The van der Waals surface area contributed by atoms with Crippen LogP contribution in [0, 0.1) is 0 Å². The molecule has 2 heterocycles. The summed E-state index contributed by atoms with van der Waals surface area (Å²) >= 11 is 6.05. The molecule has 0 unspecified atom stereocenters. The highest BCUT2D eigenvalue weighted by molar-refractivity contribution is 7.89. The minimum absolute atomic E-state index is 0.135. The first-order valence-electron chi connectivity index (χ1n) is 6.11. The molecule has 0 atom stereocenters. The van der Waals surface area contributed by atoms with Crippen LogP contribution in [0.4, 0.5) is 0 Å². The van der Waals surface area contributed by atoms with Gasteiger partial charge in [0.25, 0.3) is 5.89 Å². The van der Waals surface area contributed by atoms with Gasteiger partial charge in [0.2, 0.25) is 10.0 Å². The lowest BCUT2D eigenvalue weighted by Crippen LogP contribution is -2.25. The third-order valence-electron chi connectivity index (χ3n) is 3.09. The van der Waals surface area contributed by atoms with Crippen LogP contribution in [0.3, 0.4) is 0 Å². The first kappa shape index (κ1) is 13.5. The second-order valence-corrected chi connectivity index (χ2v) is 6.99. The first-order valence-corrected chi connectivity index (χ1v) is 8.10. The van der Waals surface area contributed by atoms with E-state index >= 15 is 0 Å². The third kappa shape index (κ3) is 2.56. The lowest BCUT2D eigenvalue weighted by molar-refractivity contribution is 0.391.